The lowest BCUT2D eigenvalue weighted by Crippen LogP contribution is -2.48. The number of amides is 1. The van der Waals surface area contributed by atoms with Gasteiger partial charge in [0.05, 0.1) is 16.7 Å². The molecule has 6 heteroatoms. The fraction of sp³-hybridized carbons (Fsp3) is 0.280. The van der Waals surface area contributed by atoms with Crippen molar-refractivity contribution in [3.63, 3.8) is 0 Å². The summed E-state index contributed by atoms with van der Waals surface area (Å²) < 4.78 is 5.79. The molecule has 3 aromatic rings. The summed E-state index contributed by atoms with van der Waals surface area (Å²) in [6, 6.07) is 18.1. The highest BCUT2D eigenvalue weighted by Gasteiger charge is 2.28. The van der Waals surface area contributed by atoms with Crippen molar-refractivity contribution >= 4 is 23.3 Å². The fourth-order valence-electron chi connectivity index (χ4n) is 3.71. The molecular formula is C25H27N3O2S. The Bertz CT molecular complexity index is 1030. The van der Waals surface area contributed by atoms with Gasteiger partial charge in [0.25, 0.3) is 0 Å². The van der Waals surface area contributed by atoms with Gasteiger partial charge in [0.2, 0.25) is 5.91 Å². The molecule has 0 aliphatic carbocycles. The van der Waals surface area contributed by atoms with E-state index < -0.39 is 0 Å². The monoisotopic (exact) mass is 433 g/mol. The third-order valence-electron chi connectivity index (χ3n) is 5.40. The van der Waals surface area contributed by atoms with Gasteiger partial charge in [-0.05, 0) is 43.3 Å². The Morgan fingerprint density at radius 2 is 1.94 bits per heavy atom. The minimum Gasteiger partial charge on any atom is -0.487 e. The van der Waals surface area contributed by atoms with Gasteiger partial charge in [-0.25, -0.2) is 4.98 Å². The summed E-state index contributed by atoms with van der Waals surface area (Å²) in [5.41, 5.74) is 3.08. The van der Waals surface area contributed by atoms with Gasteiger partial charge in [-0.15, -0.1) is 11.3 Å². The van der Waals surface area contributed by atoms with E-state index in [4.69, 9.17) is 4.74 Å². The van der Waals surface area contributed by atoms with Crippen LogP contribution in [0.2, 0.25) is 0 Å². The first kappa shape index (κ1) is 21.3. The quantitative estimate of drug-likeness (QED) is 0.535. The number of aromatic nitrogens is 1. The number of rotatable bonds is 6. The molecule has 1 unspecified atom stereocenters. The molecule has 0 spiro atoms. The first-order chi connectivity index (χ1) is 15.1. The van der Waals surface area contributed by atoms with E-state index >= 15 is 0 Å². The van der Waals surface area contributed by atoms with Crippen molar-refractivity contribution in [3.05, 3.63) is 87.9 Å². The maximum absolute atomic E-state index is 13.0. The predicted molar refractivity (Wildman–Crippen MR) is 125 cm³/mol. The highest BCUT2D eigenvalue weighted by atomic mass is 32.1. The lowest BCUT2D eigenvalue weighted by Gasteiger charge is -2.39. The highest BCUT2D eigenvalue weighted by molar-refractivity contribution is 7.09. The number of piperazine rings is 1. The molecule has 31 heavy (non-hydrogen) atoms. The molecule has 0 saturated carbocycles. The normalized spacial score (nSPS) is 17.2. The minimum atomic E-state index is 0.0428. The number of hydrogen-bond donors (Lipinski definition) is 0. The number of benzene rings is 2. The second kappa shape index (κ2) is 9.90. The number of ether oxygens (including phenoxy) is 1. The summed E-state index contributed by atoms with van der Waals surface area (Å²) in [4.78, 5) is 21.6. The van der Waals surface area contributed by atoms with E-state index in [0.717, 1.165) is 41.6 Å². The van der Waals surface area contributed by atoms with E-state index in [1.54, 1.807) is 17.4 Å². The van der Waals surface area contributed by atoms with Crippen molar-refractivity contribution in [1.29, 1.82) is 0 Å². The fourth-order valence-corrected chi connectivity index (χ4v) is 4.31. The standard InChI is InChI=1S/C25H27N3O2S/c1-19-26-22(18-31-19)17-30-23-11-8-20(9-12-23)10-13-25(29)28-15-14-27(2)16-24(28)21-6-4-3-5-7-21/h3-13,18,24H,14-17H2,1-2H3/b13-10+. The summed E-state index contributed by atoms with van der Waals surface area (Å²) in [6.07, 6.45) is 3.55. The number of aryl methyl sites for hydroxylation is 1. The average molecular weight is 434 g/mol. The van der Waals surface area contributed by atoms with E-state index in [-0.39, 0.29) is 11.9 Å². The molecule has 1 fully saturated rings. The number of thiazole rings is 1. The largest absolute Gasteiger partial charge is 0.487 e. The van der Waals surface area contributed by atoms with Crippen molar-refractivity contribution in [2.24, 2.45) is 0 Å². The van der Waals surface area contributed by atoms with Crippen molar-refractivity contribution < 1.29 is 9.53 Å². The van der Waals surface area contributed by atoms with Crippen LogP contribution >= 0.6 is 11.3 Å². The molecule has 2 heterocycles. The molecule has 0 N–H and O–H groups in total. The molecule has 0 bridgehead atoms. The lowest BCUT2D eigenvalue weighted by molar-refractivity contribution is -0.130. The molecular weight excluding hydrogens is 406 g/mol. The SMILES string of the molecule is Cc1nc(COc2ccc(/C=C/C(=O)N3CCN(C)CC3c3ccccc3)cc2)cs1. The zero-order chi connectivity index (χ0) is 21.6. The summed E-state index contributed by atoms with van der Waals surface area (Å²) in [5, 5.41) is 3.05. The maximum atomic E-state index is 13.0. The molecule has 5 nitrogen and oxygen atoms in total. The van der Waals surface area contributed by atoms with Crippen LogP contribution in [0.3, 0.4) is 0 Å². The van der Waals surface area contributed by atoms with E-state index in [0.29, 0.717) is 6.61 Å². The third-order valence-corrected chi connectivity index (χ3v) is 6.22. The molecule has 0 radical (unpaired) electrons. The molecule has 1 aromatic heterocycles. The van der Waals surface area contributed by atoms with Crippen LogP contribution in [0, 0.1) is 6.92 Å². The zero-order valence-electron chi connectivity index (χ0n) is 17.9. The van der Waals surface area contributed by atoms with E-state index in [9.17, 15) is 4.79 Å². The van der Waals surface area contributed by atoms with Crippen LogP contribution < -0.4 is 4.74 Å². The summed E-state index contributed by atoms with van der Waals surface area (Å²) in [6.45, 7) is 4.90. The molecule has 1 aliphatic heterocycles. The number of carbonyl (C=O) groups excluding carboxylic acids is 1. The Morgan fingerprint density at radius 3 is 2.65 bits per heavy atom. The van der Waals surface area contributed by atoms with Gasteiger partial charge >= 0.3 is 0 Å². The Kier molecular flexibility index (Phi) is 6.79. The van der Waals surface area contributed by atoms with Gasteiger partial charge in [-0.1, -0.05) is 42.5 Å². The van der Waals surface area contributed by atoms with Gasteiger partial charge in [0.15, 0.2) is 0 Å². The topological polar surface area (TPSA) is 45.7 Å². The van der Waals surface area contributed by atoms with Crippen molar-refractivity contribution in [3.8, 4) is 5.75 Å². The first-order valence-electron chi connectivity index (χ1n) is 10.4. The highest BCUT2D eigenvalue weighted by Crippen LogP contribution is 2.25. The number of likely N-dealkylation sites (N-methyl/N-ethyl adjacent to an activating group) is 1. The Morgan fingerprint density at radius 1 is 1.16 bits per heavy atom. The van der Waals surface area contributed by atoms with Crippen LogP contribution in [0.1, 0.15) is 27.9 Å². The van der Waals surface area contributed by atoms with Crippen molar-refractivity contribution in [1.82, 2.24) is 14.8 Å². The number of hydrogen-bond acceptors (Lipinski definition) is 5. The van der Waals surface area contributed by atoms with Gasteiger partial charge in [-0.2, -0.15) is 0 Å². The predicted octanol–water partition coefficient (Wildman–Crippen LogP) is 4.56. The Labute approximate surface area is 187 Å². The van der Waals surface area contributed by atoms with Crippen LogP contribution in [-0.2, 0) is 11.4 Å². The first-order valence-corrected chi connectivity index (χ1v) is 11.3. The second-order valence-electron chi connectivity index (χ2n) is 7.77. The van der Waals surface area contributed by atoms with Crippen LogP contribution in [0.4, 0.5) is 0 Å². The van der Waals surface area contributed by atoms with Crippen molar-refractivity contribution in [2.75, 3.05) is 26.7 Å². The molecule has 1 aliphatic rings. The van der Waals surface area contributed by atoms with Crippen LogP contribution in [0.5, 0.6) is 5.75 Å². The second-order valence-corrected chi connectivity index (χ2v) is 8.83. The van der Waals surface area contributed by atoms with E-state index in [2.05, 4.69) is 29.1 Å². The Balaban J connectivity index is 1.38. The van der Waals surface area contributed by atoms with Crippen LogP contribution in [-0.4, -0.2) is 47.4 Å². The molecule has 1 amide bonds. The smallest absolute Gasteiger partial charge is 0.247 e. The lowest BCUT2D eigenvalue weighted by atomic mass is 10.0. The van der Waals surface area contributed by atoms with Gasteiger partial charge in [0.1, 0.15) is 12.4 Å². The molecule has 1 atom stereocenters. The summed E-state index contributed by atoms with van der Waals surface area (Å²) in [5.74, 6) is 0.832. The number of carbonyl (C=O) groups is 1. The van der Waals surface area contributed by atoms with Gasteiger partial charge < -0.3 is 14.5 Å². The van der Waals surface area contributed by atoms with E-state index in [1.807, 2.05) is 65.7 Å². The van der Waals surface area contributed by atoms with Gasteiger partial charge in [-0.3, -0.25) is 4.79 Å². The summed E-state index contributed by atoms with van der Waals surface area (Å²) in [7, 11) is 2.10. The van der Waals surface area contributed by atoms with Crippen molar-refractivity contribution in [2.45, 2.75) is 19.6 Å². The Hall–Kier alpha value is -2.96. The third kappa shape index (κ3) is 5.60. The van der Waals surface area contributed by atoms with E-state index in [1.165, 1.54) is 5.56 Å². The zero-order valence-corrected chi connectivity index (χ0v) is 18.7. The molecule has 4 rings (SSSR count). The van der Waals surface area contributed by atoms with Crippen LogP contribution in [0.15, 0.2) is 66.1 Å². The molecule has 2 aromatic carbocycles. The minimum absolute atomic E-state index is 0.0428. The molecule has 160 valence electrons. The molecule has 1 saturated heterocycles. The maximum Gasteiger partial charge on any atom is 0.247 e. The number of nitrogens with zero attached hydrogens (tertiary/aromatic N) is 3. The van der Waals surface area contributed by atoms with Gasteiger partial charge in [0, 0.05) is 31.1 Å². The van der Waals surface area contributed by atoms with Crippen LogP contribution in [0.25, 0.3) is 6.08 Å². The average Bonchev–Trinajstić information content (AvgIpc) is 3.22. The summed E-state index contributed by atoms with van der Waals surface area (Å²) >= 11 is 1.62.